The molecule has 1 unspecified atom stereocenters. The number of esters is 3. The molecule has 0 aromatic heterocycles. The normalized spacial score (nSPS) is 12.4. The maximum atomic E-state index is 12.9. The highest BCUT2D eigenvalue weighted by atomic mass is 16.6. The second-order valence-corrected chi connectivity index (χ2v) is 23.1. The molecule has 0 aromatic carbocycles. The monoisotopic (exact) mass is 1090 g/mol. The molecule has 0 aliphatic heterocycles. The fourth-order valence-electron chi connectivity index (χ4n) is 10.0. The average molecular weight is 1090 g/mol. The zero-order chi connectivity index (χ0) is 56.4. The van der Waals surface area contributed by atoms with Gasteiger partial charge in [0.2, 0.25) is 0 Å². The van der Waals surface area contributed by atoms with Gasteiger partial charge in [0.1, 0.15) is 13.2 Å². The van der Waals surface area contributed by atoms with Crippen molar-refractivity contribution in [1.29, 1.82) is 0 Å². The molecule has 454 valence electrons. The molecule has 0 amide bonds. The van der Waals surface area contributed by atoms with Crippen LogP contribution < -0.4 is 0 Å². The Hall–Kier alpha value is -2.89. The van der Waals surface area contributed by atoms with Crippen LogP contribution in [0.25, 0.3) is 0 Å². The summed E-state index contributed by atoms with van der Waals surface area (Å²) in [5.41, 5.74) is 0. The van der Waals surface area contributed by atoms with Gasteiger partial charge < -0.3 is 14.2 Å². The van der Waals surface area contributed by atoms with Crippen LogP contribution >= 0.6 is 0 Å². The topological polar surface area (TPSA) is 78.9 Å². The summed E-state index contributed by atoms with van der Waals surface area (Å²) in [6.45, 7) is 6.57. The number of rotatable bonds is 63. The van der Waals surface area contributed by atoms with Crippen molar-refractivity contribution in [2.45, 2.75) is 367 Å². The van der Waals surface area contributed by atoms with E-state index in [1.807, 2.05) is 0 Å². The maximum Gasteiger partial charge on any atom is 0.306 e. The van der Waals surface area contributed by atoms with Gasteiger partial charge in [-0.3, -0.25) is 14.4 Å². The van der Waals surface area contributed by atoms with E-state index in [-0.39, 0.29) is 31.1 Å². The zero-order valence-corrected chi connectivity index (χ0v) is 52.2. The Morgan fingerprint density at radius 3 is 0.795 bits per heavy atom. The van der Waals surface area contributed by atoms with Gasteiger partial charge in [-0.15, -0.1) is 0 Å². The van der Waals surface area contributed by atoms with Gasteiger partial charge in [0.05, 0.1) is 0 Å². The van der Waals surface area contributed by atoms with E-state index in [1.165, 1.54) is 231 Å². The van der Waals surface area contributed by atoms with Crippen LogP contribution in [0, 0.1) is 0 Å². The molecule has 0 aromatic rings. The highest BCUT2D eigenvalue weighted by molar-refractivity contribution is 5.71. The van der Waals surface area contributed by atoms with Crippen LogP contribution in [-0.4, -0.2) is 37.2 Å². The first-order valence-electron chi connectivity index (χ1n) is 34.3. The highest BCUT2D eigenvalue weighted by Gasteiger charge is 2.19. The van der Waals surface area contributed by atoms with Crippen LogP contribution in [0.4, 0.5) is 0 Å². The number of hydrogen-bond acceptors (Lipinski definition) is 6. The van der Waals surface area contributed by atoms with Crippen molar-refractivity contribution in [1.82, 2.24) is 0 Å². The van der Waals surface area contributed by atoms with E-state index in [4.69, 9.17) is 14.2 Å². The molecule has 0 spiro atoms. The second-order valence-electron chi connectivity index (χ2n) is 23.1. The summed E-state index contributed by atoms with van der Waals surface area (Å²) >= 11 is 0. The van der Waals surface area contributed by atoms with E-state index < -0.39 is 6.10 Å². The van der Waals surface area contributed by atoms with Gasteiger partial charge in [0, 0.05) is 19.3 Å². The molecule has 0 N–H and O–H groups in total. The third kappa shape index (κ3) is 63.9. The van der Waals surface area contributed by atoms with Gasteiger partial charge in [0.25, 0.3) is 0 Å². The van der Waals surface area contributed by atoms with Crippen molar-refractivity contribution in [3.8, 4) is 0 Å². The Morgan fingerprint density at radius 1 is 0.256 bits per heavy atom. The lowest BCUT2D eigenvalue weighted by Gasteiger charge is -2.18. The lowest BCUT2D eigenvalue weighted by atomic mass is 10.0. The molecule has 0 rings (SSSR count). The Bertz CT molecular complexity index is 1390. The quantitative estimate of drug-likeness (QED) is 0.0261. The van der Waals surface area contributed by atoms with Crippen molar-refractivity contribution in [3.63, 3.8) is 0 Å². The SMILES string of the molecule is CCC/C=C\CCCCCCCC(=O)OCC(COC(=O)CCCCCCCCCCCCCCCCCCCCCCC/C=C\C/C=C\CCCCCCC)OC(=O)CCCCCCCCC/C=C\C/C=C\CCCCC. The third-order valence-corrected chi connectivity index (χ3v) is 15.2. The summed E-state index contributed by atoms with van der Waals surface area (Å²) in [5, 5.41) is 0. The minimum atomic E-state index is -0.780. The highest BCUT2D eigenvalue weighted by Crippen LogP contribution is 2.18. The number of allylic oxidation sites excluding steroid dienone is 10. The first-order valence-corrected chi connectivity index (χ1v) is 34.3. The molecule has 78 heavy (non-hydrogen) atoms. The van der Waals surface area contributed by atoms with Crippen LogP contribution in [0.2, 0.25) is 0 Å². The minimum absolute atomic E-state index is 0.0767. The molecule has 0 bridgehead atoms. The fourth-order valence-corrected chi connectivity index (χ4v) is 10.0. The first kappa shape index (κ1) is 75.1. The molecular weight excluding hydrogens is 961 g/mol. The van der Waals surface area contributed by atoms with Crippen LogP contribution in [0.3, 0.4) is 0 Å². The molecule has 6 heteroatoms. The van der Waals surface area contributed by atoms with Crippen molar-refractivity contribution < 1.29 is 28.6 Å². The Morgan fingerprint density at radius 2 is 0.487 bits per heavy atom. The van der Waals surface area contributed by atoms with Gasteiger partial charge in [-0.2, -0.15) is 0 Å². The predicted octanol–water partition coefficient (Wildman–Crippen LogP) is 23.5. The molecule has 0 aliphatic rings. The molecule has 6 nitrogen and oxygen atoms in total. The summed E-state index contributed by atoms with van der Waals surface area (Å²) in [5.74, 6) is -0.878. The zero-order valence-electron chi connectivity index (χ0n) is 52.2. The van der Waals surface area contributed by atoms with E-state index >= 15 is 0 Å². The van der Waals surface area contributed by atoms with Crippen LogP contribution in [0.1, 0.15) is 361 Å². The molecule has 0 radical (unpaired) electrons. The molecule has 0 heterocycles. The smallest absolute Gasteiger partial charge is 0.306 e. The second kappa shape index (κ2) is 66.6. The summed E-state index contributed by atoms with van der Waals surface area (Å²) < 4.78 is 16.9. The molecule has 0 aliphatic carbocycles. The molecule has 0 saturated heterocycles. The number of carbonyl (C=O) groups is 3. The lowest BCUT2D eigenvalue weighted by molar-refractivity contribution is -0.167. The van der Waals surface area contributed by atoms with Gasteiger partial charge >= 0.3 is 17.9 Å². The molecule has 1 atom stereocenters. The minimum Gasteiger partial charge on any atom is -0.462 e. The van der Waals surface area contributed by atoms with E-state index in [9.17, 15) is 14.4 Å². The van der Waals surface area contributed by atoms with Crippen molar-refractivity contribution in [2.24, 2.45) is 0 Å². The van der Waals surface area contributed by atoms with E-state index in [0.717, 1.165) is 89.9 Å². The summed E-state index contributed by atoms with van der Waals surface area (Å²) in [6, 6.07) is 0. The lowest BCUT2D eigenvalue weighted by Crippen LogP contribution is -2.30. The summed E-state index contributed by atoms with van der Waals surface area (Å²) in [7, 11) is 0. The van der Waals surface area contributed by atoms with Crippen molar-refractivity contribution in [2.75, 3.05) is 13.2 Å². The van der Waals surface area contributed by atoms with Crippen LogP contribution in [0.15, 0.2) is 60.8 Å². The largest absolute Gasteiger partial charge is 0.462 e. The molecular formula is C72H130O6. The summed E-state index contributed by atoms with van der Waals surface area (Å²) in [4.78, 5) is 38.2. The van der Waals surface area contributed by atoms with Crippen LogP contribution in [0.5, 0.6) is 0 Å². The third-order valence-electron chi connectivity index (χ3n) is 15.2. The molecule has 0 fully saturated rings. The number of hydrogen-bond donors (Lipinski definition) is 0. The average Bonchev–Trinajstić information content (AvgIpc) is 3.44. The van der Waals surface area contributed by atoms with E-state index in [1.54, 1.807) is 0 Å². The van der Waals surface area contributed by atoms with Crippen molar-refractivity contribution in [3.05, 3.63) is 60.8 Å². The van der Waals surface area contributed by atoms with Gasteiger partial charge in [-0.25, -0.2) is 0 Å². The number of ether oxygens (including phenoxy) is 3. The Labute approximate surface area is 485 Å². The molecule has 0 saturated carbocycles. The van der Waals surface area contributed by atoms with Gasteiger partial charge in [0.15, 0.2) is 6.10 Å². The first-order chi connectivity index (χ1) is 38.5. The van der Waals surface area contributed by atoms with E-state index in [2.05, 4.69) is 81.5 Å². The Kier molecular flexibility index (Phi) is 64.2. The van der Waals surface area contributed by atoms with E-state index in [0.29, 0.717) is 19.3 Å². The summed E-state index contributed by atoms with van der Waals surface area (Å²) in [6.07, 6.45) is 85.5. The van der Waals surface area contributed by atoms with Gasteiger partial charge in [-0.1, -0.05) is 300 Å². The maximum absolute atomic E-state index is 12.9. The predicted molar refractivity (Wildman–Crippen MR) is 339 cm³/mol. The Balaban J connectivity index is 4.07. The number of unbranched alkanes of at least 4 members (excludes halogenated alkanes) is 42. The standard InChI is InChI=1S/C72H130O6/c1-4-7-10-13-16-19-22-24-26-28-29-30-31-32-33-34-35-36-37-38-39-40-41-42-43-45-46-48-50-53-56-59-62-65-71(74)77-68-69(67-76-70(73)64-61-58-55-52-21-18-15-12-9-6-3)78-72(75)66-63-60-57-54-51-49-47-44-27-25-23-20-17-14-11-8-5-2/h12,15,17,20,22,24-25,27-29,69H,4-11,13-14,16,18-19,21,23,26,30-68H2,1-3H3/b15-12-,20-17-,24-22-,27-25-,29-28-. The van der Waals surface area contributed by atoms with Gasteiger partial charge in [-0.05, 0) is 103 Å². The number of carbonyl (C=O) groups excluding carboxylic acids is 3. The fraction of sp³-hybridized carbons (Fsp3) is 0.819. The van der Waals surface area contributed by atoms with Crippen molar-refractivity contribution >= 4 is 17.9 Å². The van der Waals surface area contributed by atoms with Crippen LogP contribution in [-0.2, 0) is 28.6 Å².